The summed E-state index contributed by atoms with van der Waals surface area (Å²) in [5, 5.41) is 0. The lowest BCUT2D eigenvalue weighted by atomic mass is 10.1. The fourth-order valence-corrected chi connectivity index (χ4v) is 1.46. The lowest BCUT2D eigenvalue weighted by Crippen LogP contribution is -1.75. The molecule has 0 radical (unpaired) electrons. The van der Waals surface area contributed by atoms with Crippen LogP contribution in [0.3, 0.4) is 0 Å². The molecular weight excluding hydrogens is 132 g/mol. The van der Waals surface area contributed by atoms with Crippen molar-refractivity contribution in [2.45, 2.75) is 19.3 Å². The van der Waals surface area contributed by atoms with Crippen molar-refractivity contribution in [1.82, 2.24) is 0 Å². The van der Waals surface area contributed by atoms with Crippen LogP contribution in [0, 0.1) is 0 Å². The van der Waals surface area contributed by atoms with Crippen molar-refractivity contribution < 1.29 is 0 Å². The molecule has 1 rings (SSSR count). The molecule has 0 unspecified atom stereocenters. The van der Waals surface area contributed by atoms with E-state index >= 15 is 0 Å². The first-order chi connectivity index (χ1) is 5.38. The first-order valence-corrected chi connectivity index (χ1v) is 4.02. The molecular formula is C11H14. The second kappa shape index (κ2) is 3.97. The van der Waals surface area contributed by atoms with Gasteiger partial charge in [0.05, 0.1) is 0 Å². The summed E-state index contributed by atoms with van der Waals surface area (Å²) in [6.07, 6.45) is 11.6. The Morgan fingerprint density at radius 2 is 1.36 bits per heavy atom. The highest BCUT2D eigenvalue weighted by atomic mass is 14.2. The molecule has 1 aliphatic carbocycles. The molecule has 0 heterocycles. The molecule has 11 heavy (non-hydrogen) atoms. The van der Waals surface area contributed by atoms with Gasteiger partial charge in [-0.15, -0.1) is 0 Å². The average molecular weight is 146 g/mol. The summed E-state index contributed by atoms with van der Waals surface area (Å²) in [6.45, 7) is 7.38. The smallest absolute Gasteiger partial charge is 0.0273 e. The zero-order valence-corrected chi connectivity index (χ0v) is 6.84. The van der Waals surface area contributed by atoms with E-state index in [1.54, 1.807) is 0 Å². The van der Waals surface area contributed by atoms with E-state index in [4.69, 9.17) is 0 Å². The summed E-state index contributed by atoms with van der Waals surface area (Å²) in [7, 11) is 0. The molecule has 0 nitrogen and oxygen atoms in total. The van der Waals surface area contributed by atoms with Gasteiger partial charge >= 0.3 is 0 Å². The number of hydrogen-bond donors (Lipinski definition) is 0. The van der Waals surface area contributed by atoms with Crippen LogP contribution in [-0.4, -0.2) is 0 Å². The van der Waals surface area contributed by atoms with Gasteiger partial charge in [-0.25, -0.2) is 0 Å². The predicted molar refractivity (Wildman–Crippen MR) is 50.4 cm³/mol. The van der Waals surface area contributed by atoms with E-state index in [0.29, 0.717) is 0 Å². The van der Waals surface area contributed by atoms with E-state index in [-0.39, 0.29) is 0 Å². The third kappa shape index (κ3) is 1.94. The Morgan fingerprint density at radius 3 is 1.73 bits per heavy atom. The Morgan fingerprint density at radius 1 is 0.909 bits per heavy atom. The zero-order chi connectivity index (χ0) is 8.10. The molecule has 0 aromatic carbocycles. The van der Waals surface area contributed by atoms with Crippen LogP contribution in [0.25, 0.3) is 0 Å². The zero-order valence-electron chi connectivity index (χ0n) is 6.84. The Balaban J connectivity index is 2.80. The molecule has 0 N–H and O–H groups in total. The van der Waals surface area contributed by atoms with Gasteiger partial charge in [-0.2, -0.15) is 0 Å². The molecule has 1 saturated carbocycles. The molecule has 0 bridgehead atoms. The fourth-order valence-electron chi connectivity index (χ4n) is 1.46. The molecule has 0 atom stereocenters. The molecule has 0 saturated heterocycles. The summed E-state index contributed by atoms with van der Waals surface area (Å²) >= 11 is 0. The molecule has 58 valence electrons. The van der Waals surface area contributed by atoms with Crippen LogP contribution in [0.4, 0.5) is 0 Å². The number of hydrogen-bond acceptors (Lipinski definition) is 0. The molecule has 0 heteroatoms. The van der Waals surface area contributed by atoms with Crippen LogP contribution in [-0.2, 0) is 0 Å². The van der Waals surface area contributed by atoms with Gasteiger partial charge in [-0.05, 0) is 30.4 Å². The molecule has 1 fully saturated rings. The summed E-state index contributed by atoms with van der Waals surface area (Å²) in [4.78, 5) is 0. The highest BCUT2D eigenvalue weighted by Gasteiger charge is 2.10. The van der Waals surface area contributed by atoms with Crippen molar-refractivity contribution in [3.05, 3.63) is 48.6 Å². The van der Waals surface area contributed by atoms with Crippen LogP contribution in [0.2, 0.25) is 0 Å². The van der Waals surface area contributed by atoms with Gasteiger partial charge in [0.25, 0.3) is 0 Å². The maximum absolute atomic E-state index is 3.69. The summed E-state index contributed by atoms with van der Waals surface area (Å²) in [5.41, 5.74) is 2.86. The molecule has 0 spiro atoms. The highest BCUT2D eigenvalue weighted by Crippen LogP contribution is 2.29. The van der Waals surface area contributed by atoms with Crippen molar-refractivity contribution in [3.8, 4) is 0 Å². The van der Waals surface area contributed by atoms with Crippen LogP contribution in [0.15, 0.2) is 48.6 Å². The van der Waals surface area contributed by atoms with E-state index < -0.39 is 0 Å². The van der Waals surface area contributed by atoms with Gasteiger partial charge < -0.3 is 0 Å². The Bertz CT molecular complexity index is 192. The highest BCUT2D eigenvalue weighted by molar-refractivity contribution is 5.38. The van der Waals surface area contributed by atoms with Crippen LogP contribution in [0.5, 0.6) is 0 Å². The maximum Gasteiger partial charge on any atom is -0.0273 e. The summed E-state index contributed by atoms with van der Waals surface area (Å²) in [6, 6.07) is 0. The van der Waals surface area contributed by atoms with Crippen LogP contribution < -0.4 is 0 Å². The maximum atomic E-state index is 3.69. The van der Waals surface area contributed by atoms with Gasteiger partial charge in [0.1, 0.15) is 0 Å². The normalized spacial score (nSPS) is 24.4. The lowest BCUT2D eigenvalue weighted by Gasteiger charge is -1.95. The number of rotatable bonds is 2. The molecule has 0 aliphatic heterocycles. The standard InChI is InChI=1S/C11H14/c1-3-6-10-8-5-9-11(10)7-4-2/h3-4,6-7H,1-2,5,8-9H2/b10-6-,11-7-. The largest absolute Gasteiger partial charge is 0.0991 e. The first kappa shape index (κ1) is 8.06. The van der Waals surface area contributed by atoms with Gasteiger partial charge in [0, 0.05) is 0 Å². The third-order valence-electron chi connectivity index (χ3n) is 1.94. The van der Waals surface area contributed by atoms with Crippen LogP contribution >= 0.6 is 0 Å². The first-order valence-electron chi connectivity index (χ1n) is 4.02. The fraction of sp³-hybridized carbons (Fsp3) is 0.273. The van der Waals surface area contributed by atoms with E-state index in [0.717, 1.165) is 0 Å². The minimum atomic E-state index is 1.20. The average Bonchev–Trinajstić information content (AvgIpc) is 2.39. The SMILES string of the molecule is C=C/C=C1/CCC/C1=C/C=C. The number of allylic oxidation sites excluding steroid dienone is 6. The van der Waals surface area contributed by atoms with Gasteiger partial charge in [0.2, 0.25) is 0 Å². The van der Waals surface area contributed by atoms with Gasteiger partial charge in [0.15, 0.2) is 0 Å². The molecule has 0 aromatic heterocycles. The predicted octanol–water partition coefficient (Wildman–Crippen LogP) is 3.40. The van der Waals surface area contributed by atoms with Crippen LogP contribution in [0.1, 0.15) is 19.3 Å². The van der Waals surface area contributed by atoms with Crippen molar-refractivity contribution in [2.24, 2.45) is 0 Å². The van der Waals surface area contributed by atoms with Crippen molar-refractivity contribution in [2.75, 3.05) is 0 Å². The Kier molecular flexibility index (Phi) is 2.91. The second-order valence-corrected chi connectivity index (χ2v) is 2.71. The van der Waals surface area contributed by atoms with E-state index in [2.05, 4.69) is 25.3 Å². The van der Waals surface area contributed by atoms with E-state index in [1.807, 2.05) is 12.2 Å². The van der Waals surface area contributed by atoms with Crippen molar-refractivity contribution in [3.63, 3.8) is 0 Å². The van der Waals surface area contributed by atoms with Crippen molar-refractivity contribution >= 4 is 0 Å². The topological polar surface area (TPSA) is 0 Å². The monoisotopic (exact) mass is 146 g/mol. The van der Waals surface area contributed by atoms with E-state index in [1.165, 1.54) is 30.4 Å². The molecule has 1 aliphatic rings. The lowest BCUT2D eigenvalue weighted by molar-refractivity contribution is 0.932. The third-order valence-corrected chi connectivity index (χ3v) is 1.94. The Hall–Kier alpha value is -1.04. The van der Waals surface area contributed by atoms with E-state index in [9.17, 15) is 0 Å². The minimum Gasteiger partial charge on any atom is -0.0991 e. The van der Waals surface area contributed by atoms with Crippen molar-refractivity contribution in [1.29, 1.82) is 0 Å². The molecule has 0 aromatic rings. The minimum absolute atomic E-state index is 1.20. The quantitative estimate of drug-likeness (QED) is 0.560. The van der Waals surface area contributed by atoms with Gasteiger partial charge in [-0.1, -0.05) is 37.5 Å². The Labute approximate surface area is 68.6 Å². The molecule has 0 amide bonds. The summed E-state index contributed by atoms with van der Waals surface area (Å²) < 4.78 is 0. The summed E-state index contributed by atoms with van der Waals surface area (Å²) in [5.74, 6) is 0. The second-order valence-electron chi connectivity index (χ2n) is 2.71. The van der Waals surface area contributed by atoms with Gasteiger partial charge in [-0.3, -0.25) is 0 Å².